The van der Waals surface area contributed by atoms with Gasteiger partial charge in [-0.15, -0.1) is 0 Å². The van der Waals surface area contributed by atoms with Crippen molar-refractivity contribution in [3.05, 3.63) is 35.4 Å². The molecule has 0 bridgehead atoms. The van der Waals surface area contributed by atoms with E-state index < -0.39 is 17.8 Å². The molecule has 1 aromatic rings. The number of aliphatic hydroxyl groups excluding tert-OH is 1. The van der Waals surface area contributed by atoms with Gasteiger partial charge in [-0.2, -0.15) is 0 Å². The zero-order chi connectivity index (χ0) is 19.1. The Kier molecular flexibility index (Phi) is 4.75. The van der Waals surface area contributed by atoms with E-state index in [2.05, 4.69) is 0 Å². The highest BCUT2D eigenvalue weighted by atomic mass is 16.6. The molecule has 7 nitrogen and oxygen atoms in total. The number of hydrogen-bond acceptors (Lipinski definition) is 5. The Morgan fingerprint density at radius 1 is 1.19 bits per heavy atom. The lowest BCUT2D eigenvalue weighted by atomic mass is 9.93. The summed E-state index contributed by atoms with van der Waals surface area (Å²) >= 11 is 0. The Labute approximate surface area is 152 Å². The number of amides is 3. The number of rotatable bonds is 2. The molecule has 2 aliphatic heterocycles. The minimum atomic E-state index is -0.819. The van der Waals surface area contributed by atoms with Crippen molar-refractivity contribution in [2.75, 3.05) is 19.6 Å². The van der Waals surface area contributed by atoms with Crippen LogP contribution in [0.3, 0.4) is 0 Å². The van der Waals surface area contributed by atoms with Crippen LogP contribution in [0.1, 0.15) is 47.9 Å². The summed E-state index contributed by atoms with van der Waals surface area (Å²) in [4.78, 5) is 39.7. The van der Waals surface area contributed by atoms with E-state index in [0.29, 0.717) is 24.1 Å². The van der Waals surface area contributed by atoms with E-state index in [1.165, 1.54) is 9.80 Å². The lowest BCUT2D eigenvalue weighted by Gasteiger charge is -2.37. The molecule has 7 heteroatoms. The first kappa shape index (κ1) is 18.4. The van der Waals surface area contributed by atoms with Crippen molar-refractivity contribution >= 4 is 17.9 Å². The van der Waals surface area contributed by atoms with Gasteiger partial charge in [-0.25, -0.2) is 4.79 Å². The highest BCUT2D eigenvalue weighted by Gasteiger charge is 2.40. The van der Waals surface area contributed by atoms with Gasteiger partial charge in [0.1, 0.15) is 5.60 Å². The lowest BCUT2D eigenvalue weighted by molar-refractivity contribution is -0.0170. The third kappa shape index (κ3) is 3.58. The largest absolute Gasteiger partial charge is 0.444 e. The van der Waals surface area contributed by atoms with E-state index in [4.69, 9.17) is 4.74 Å². The van der Waals surface area contributed by atoms with Crippen LogP contribution >= 0.6 is 0 Å². The third-order valence-electron chi connectivity index (χ3n) is 4.67. The number of benzene rings is 1. The standard InChI is InChI=1S/C19H24N2O5/c1-19(2,3)26-18(25)20-9-8-12(15(22)11-20)10-21-16(23)13-6-4-5-7-14(13)17(21)24/h4-7,12,15,22H,8-11H2,1-3H3. The molecule has 1 fully saturated rings. The van der Waals surface area contributed by atoms with E-state index >= 15 is 0 Å². The van der Waals surface area contributed by atoms with E-state index in [1.54, 1.807) is 45.0 Å². The fraction of sp³-hybridized carbons (Fsp3) is 0.526. The van der Waals surface area contributed by atoms with Gasteiger partial charge in [0.25, 0.3) is 11.8 Å². The van der Waals surface area contributed by atoms with Gasteiger partial charge in [0, 0.05) is 19.0 Å². The lowest BCUT2D eigenvalue weighted by Crippen LogP contribution is -2.51. The van der Waals surface area contributed by atoms with Crippen LogP contribution in [-0.4, -0.2) is 64.2 Å². The van der Waals surface area contributed by atoms with Crippen LogP contribution in [0.5, 0.6) is 0 Å². The molecule has 3 rings (SSSR count). The van der Waals surface area contributed by atoms with Crippen LogP contribution in [0.25, 0.3) is 0 Å². The first-order valence-electron chi connectivity index (χ1n) is 8.78. The number of β-amino-alcohol motifs (C(OH)–C–C–N with tert-alkyl or cyclic N) is 1. The number of likely N-dealkylation sites (tertiary alicyclic amines) is 1. The molecule has 2 unspecified atom stereocenters. The fourth-order valence-electron chi connectivity index (χ4n) is 3.32. The maximum absolute atomic E-state index is 12.5. The SMILES string of the molecule is CC(C)(C)OC(=O)N1CCC(CN2C(=O)c3ccccc3C2=O)C(O)C1. The molecule has 0 radical (unpaired) electrons. The van der Waals surface area contributed by atoms with E-state index in [-0.39, 0.29) is 30.8 Å². The summed E-state index contributed by atoms with van der Waals surface area (Å²) in [6.45, 7) is 6.06. The Balaban J connectivity index is 1.62. The summed E-state index contributed by atoms with van der Waals surface area (Å²) in [6.07, 6.45) is -0.787. The average Bonchev–Trinajstić information content (AvgIpc) is 2.80. The molecular formula is C19H24N2O5. The van der Waals surface area contributed by atoms with Gasteiger partial charge in [-0.05, 0) is 39.3 Å². The molecule has 0 aromatic heterocycles. The molecule has 2 aliphatic rings. The van der Waals surface area contributed by atoms with Gasteiger partial charge in [-0.1, -0.05) is 12.1 Å². The predicted molar refractivity (Wildman–Crippen MR) is 93.7 cm³/mol. The molecule has 0 saturated carbocycles. The van der Waals surface area contributed by atoms with Crippen molar-refractivity contribution in [2.24, 2.45) is 5.92 Å². The molecule has 26 heavy (non-hydrogen) atoms. The summed E-state index contributed by atoms with van der Waals surface area (Å²) in [5, 5.41) is 10.4. The van der Waals surface area contributed by atoms with E-state index in [1.807, 2.05) is 0 Å². The van der Waals surface area contributed by atoms with Gasteiger partial charge in [0.05, 0.1) is 23.8 Å². The zero-order valence-electron chi connectivity index (χ0n) is 15.3. The Morgan fingerprint density at radius 2 is 1.77 bits per heavy atom. The molecule has 1 saturated heterocycles. The van der Waals surface area contributed by atoms with Crippen LogP contribution in [0.15, 0.2) is 24.3 Å². The first-order chi connectivity index (χ1) is 12.2. The quantitative estimate of drug-likeness (QED) is 0.814. The predicted octanol–water partition coefficient (Wildman–Crippen LogP) is 1.90. The van der Waals surface area contributed by atoms with Crippen LogP contribution in [0, 0.1) is 5.92 Å². The molecular weight excluding hydrogens is 336 g/mol. The van der Waals surface area contributed by atoms with Crippen molar-refractivity contribution in [2.45, 2.75) is 38.9 Å². The second-order valence-corrected chi connectivity index (χ2v) is 7.81. The monoisotopic (exact) mass is 360 g/mol. The number of piperidine rings is 1. The first-order valence-corrected chi connectivity index (χ1v) is 8.78. The summed E-state index contributed by atoms with van der Waals surface area (Å²) in [5.74, 6) is -0.921. The topological polar surface area (TPSA) is 87.2 Å². The zero-order valence-corrected chi connectivity index (χ0v) is 15.3. The number of aliphatic hydroxyl groups is 1. The number of carbonyl (C=O) groups excluding carboxylic acids is 3. The van der Waals surface area contributed by atoms with Gasteiger partial charge in [-0.3, -0.25) is 14.5 Å². The maximum atomic E-state index is 12.5. The number of carbonyl (C=O) groups is 3. The number of imide groups is 1. The number of hydrogen-bond donors (Lipinski definition) is 1. The molecule has 3 amide bonds. The normalized spacial score (nSPS) is 23.2. The molecule has 1 N–H and O–H groups in total. The molecule has 140 valence electrons. The highest BCUT2D eigenvalue weighted by Crippen LogP contribution is 2.27. The third-order valence-corrected chi connectivity index (χ3v) is 4.67. The maximum Gasteiger partial charge on any atom is 0.410 e. The fourth-order valence-corrected chi connectivity index (χ4v) is 3.32. The van der Waals surface area contributed by atoms with Gasteiger partial charge in [0.2, 0.25) is 0 Å². The summed E-state index contributed by atoms with van der Waals surface area (Å²) < 4.78 is 5.33. The molecule has 2 heterocycles. The summed E-state index contributed by atoms with van der Waals surface area (Å²) in [6, 6.07) is 6.72. The van der Waals surface area contributed by atoms with Crippen molar-refractivity contribution in [3.8, 4) is 0 Å². The van der Waals surface area contributed by atoms with Gasteiger partial charge in [0.15, 0.2) is 0 Å². The van der Waals surface area contributed by atoms with Crippen molar-refractivity contribution in [3.63, 3.8) is 0 Å². The smallest absolute Gasteiger partial charge is 0.410 e. The van der Waals surface area contributed by atoms with Crippen LogP contribution in [0.4, 0.5) is 4.79 Å². The van der Waals surface area contributed by atoms with Gasteiger partial charge < -0.3 is 14.7 Å². The van der Waals surface area contributed by atoms with Crippen LogP contribution in [-0.2, 0) is 4.74 Å². The van der Waals surface area contributed by atoms with E-state index in [9.17, 15) is 19.5 Å². The molecule has 0 aliphatic carbocycles. The van der Waals surface area contributed by atoms with Crippen LogP contribution < -0.4 is 0 Å². The number of ether oxygens (including phenoxy) is 1. The summed E-state index contributed by atoms with van der Waals surface area (Å²) in [5.41, 5.74) is 0.204. The van der Waals surface area contributed by atoms with Crippen molar-refractivity contribution in [1.82, 2.24) is 9.80 Å². The minimum absolute atomic E-state index is 0.128. The summed E-state index contributed by atoms with van der Waals surface area (Å²) in [7, 11) is 0. The van der Waals surface area contributed by atoms with Gasteiger partial charge >= 0.3 is 6.09 Å². The van der Waals surface area contributed by atoms with Crippen molar-refractivity contribution < 1.29 is 24.2 Å². The van der Waals surface area contributed by atoms with Crippen LogP contribution in [0.2, 0.25) is 0 Å². The second kappa shape index (κ2) is 6.72. The Bertz CT molecular complexity index is 705. The average molecular weight is 360 g/mol. The van der Waals surface area contributed by atoms with E-state index in [0.717, 1.165) is 0 Å². The highest BCUT2D eigenvalue weighted by molar-refractivity contribution is 6.21. The number of fused-ring (bicyclic) bond motifs is 1. The Morgan fingerprint density at radius 3 is 2.27 bits per heavy atom. The Hall–Kier alpha value is -2.41. The molecule has 2 atom stereocenters. The minimum Gasteiger partial charge on any atom is -0.444 e. The molecule has 0 spiro atoms. The molecule has 1 aromatic carbocycles. The number of nitrogens with zero attached hydrogens (tertiary/aromatic N) is 2. The second-order valence-electron chi connectivity index (χ2n) is 7.81. The van der Waals surface area contributed by atoms with Crippen molar-refractivity contribution in [1.29, 1.82) is 0 Å².